The number of hydrogen-bond donors (Lipinski definition) is 2. The quantitative estimate of drug-likeness (QED) is 0.538. The van der Waals surface area contributed by atoms with Gasteiger partial charge in [0.15, 0.2) is 0 Å². The lowest BCUT2D eigenvalue weighted by Gasteiger charge is -2.09. The Hall–Kier alpha value is -0.990. The van der Waals surface area contributed by atoms with E-state index >= 15 is 0 Å². The molecule has 0 saturated heterocycles. The van der Waals surface area contributed by atoms with Gasteiger partial charge >= 0.3 is 0 Å². The van der Waals surface area contributed by atoms with Crippen LogP contribution in [0.15, 0.2) is 46.9 Å². The van der Waals surface area contributed by atoms with E-state index in [2.05, 4.69) is 43.8 Å². The van der Waals surface area contributed by atoms with E-state index in [1.165, 1.54) is 0 Å². The molecule has 0 spiro atoms. The molecule has 0 saturated carbocycles. The van der Waals surface area contributed by atoms with E-state index in [1.807, 2.05) is 18.2 Å². The Morgan fingerprint density at radius 2 is 1.95 bits per heavy atom. The van der Waals surface area contributed by atoms with E-state index in [9.17, 15) is 4.79 Å². The molecular formula is C14H10BrIN2OS. The normalized spacial score (nSPS) is 10.1. The smallest absolute Gasteiger partial charge is 0.255 e. The van der Waals surface area contributed by atoms with Gasteiger partial charge in [-0.1, -0.05) is 18.3 Å². The maximum absolute atomic E-state index is 12.2. The molecule has 0 aliphatic carbocycles. The van der Waals surface area contributed by atoms with Crippen LogP contribution in [0.5, 0.6) is 0 Å². The summed E-state index contributed by atoms with van der Waals surface area (Å²) in [5, 5.41) is 2.85. The SMILES string of the molecule is NC(=S)c1ccc(NC(=O)c2cccc(I)c2)c(Br)c1. The molecule has 2 rings (SSSR count). The molecule has 0 atom stereocenters. The molecule has 2 aromatic rings. The van der Waals surface area contributed by atoms with Gasteiger partial charge in [0.2, 0.25) is 0 Å². The van der Waals surface area contributed by atoms with Crippen LogP contribution in [0, 0.1) is 3.57 Å². The van der Waals surface area contributed by atoms with Crippen molar-refractivity contribution >= 4 is 67.3 Å². The van der Waals surface area contributed by atoms with Gasteiger partial charge in [0.05, 0.1) is 5.69 Å². The molecule has 3 nitrogen and oxygen atoms in total. The molecular weight excluding hydrogens is 451 g/mol. The largest absolute Gasteiger partial charge is 0.389 e. The summed E-state index contributed by atoms with van der Waals surface area (Å²) < 4.78 is 1.75. The van der Waals surface area contributed by atoms with Crippen molar-refractivity contribution in [2.45, 2.75) is 0 Å². The summed E-state index contributed by atoms with van der Waals surface area (Å²) in [6, 6.07) is 12.7. The van der Waals surface area contributed by atoms with Crippen molar-refractivity contribution in [1.82, 2.24) is 0 Å². The molecule has 2 aromatic carbocycles. The molecule has 0 aromatic heterocycles. The molecule has 0 aliphatic heterocycles. The molecule has 0 radical (unpaired) electrons. The summed E-state index contributed by atoms with van der Waals surface area (Å²) >= 11 is 10.5. The summed E-state index contributed by atoms with van der Waals surface area (Å²) in [5.74, 6) is -0.160. The second-order valence-corrected chi connectivity index (χ2v) is 6.56. The zero-order valence-corrected chi connectivity index (χ0v) is 14.8. The number of nitrogens with two attached hydrogens (primary N) is 1. The third kappa shape index (κ3) is 3.77. The molecule has 3 N–H and O–H groups in total. The molecule has 0 bridgehead atoms. The van der Waals surface area contributed by atoms with Crippen LogP contribution >= 0.6 is 50.7 Å². The fraction of sp³-hybridized carbons (Fsp3) is 0. The van der Waals surface area contributed by atoms with Crippen molar-refractivity contribution in [3.05, 3.63) is 61.6 Å². The van der Waals surface area contributed by atoms with Gasteiger partial charge in [-0.25, -0.2) is 0 Å². The third-order valence-corrected chi connectivity index (χ3v) is 4.15. The molecule has 0 heterocycles. The first-order valence-electron chi connectivity index (χ1n) is 5.63. The monoisotopic (exact) mass is 460 g/mol. The minimum Gasteiger partial charge on any atom is -0.389 e. The number of nitrogens with one attached hydrogen (secondary N) is 1. The third-order valence-electron chi connectivity index (χ3n) is 2.59. The van der Waals surface area contributed by atoms with Gasteiger partial charge in [-0.3, -0.25) is 4.79 Å². The molecule has 20 heavy (non-hydrogen) atoms. The van der Waals surface area contributed by atoms with E-state index in [0.717, 1.165) is 13.6 Å². The van der Waals surface area contributed by atoms with Crippen molar-refractivity contribution in [2.24, 2.45) is 5.73 Å². The Labute approximate surface area is 144 Å². The number of carbonyl (C=O) groups excluding carboxylic acids is 1. The maximum Gasteiger partial charge on any atom is 0.255 e. The standard InChI is InChI=1S/C14H10BrIN2OS/c15-11-7-8(13(17)20)4-5-12(11)18-14(19)9-2-1-3-10(16)6-9/h1-7H,(H2,17,20)(H,18,19). The van der Waals surface area contributed by atoms with Crippen molar-refractivity contribution in [3.63, 3.8) is 0 Å². The number of halogens is 2. The number of anilines is 1. The van der Waals surface area contributed by atoms with Crippen LogP contribution in [-0.2, 0) is 0 Å². The van der Waals surface area contributed by atoms with E-state index in [-0.39, 0.29) is 5.91 Å². The Balaban J connectivity index is 2.22. The first kappa shape index (κ1) is 15.4. The maximum atomic E-state index is 12.2. The second-order valence-electron chi connectivity index (χ2n) is 4.02. The van der Waals surface area contributed by atoms with Crippen LogP contribution in [0.2, 0.25) is 0 Å². The number of carbonyl (C=O) groups is 1. The van der Waals surface area contributed by atoms with Crippen LogP contribution in [0.3, 0.4) is 0 Å². The molecule has 0 aliphatic rings. The molecule has 6 heteroatoms. The van der Waals surface area contributed by atoms with Crippen LogP contribution in [0.25, 0.3) is 0 Å². The summed E-state index contributed by atoms with van der Waals surface area (Å²) in [6.45, 7) is 0. The van der Waals surface area contributed by atoms with Crippen LogP contribution in [0.1, 0.15) is 15.9 Å². The van der Waals surface area contributed by atoms with Crippen molar-refractivity contribution in [1.29, 1.82) is 0 Å². The fourth-order valence-electron chi connectivity index (χ4n) is 1.59. The molecule has 102 valence electrons. The second kappa shape index (κ2) is 6.64. The summed E-state index contributed by atoms with van der Waals surface area (Å²) in [6.07, 6.45) is 0. The van der Waals surface area contributed by atoms with Crippen molar-refractivity contribution in [3.8, 4) is 0 Å². The molecule has 1 amide bonds. The average Bonchev–Trinajstić information content (AvgIpc) is 2.40. The van der Waals surface area contributed by atoms with Gasteiger partial charge in [-0.05, 0) is 74.9 Å². The Morgan fingerprint density at radius 1 is 1.20 bits per heavy atom. The van der Waals surface area contributed by atoms with Crippen LogP contribution < -0.4 is 11.1 Å². The summed E-state index contributed by atoms with van der Waals surface area (Å²) in [5.41, 5.74) is 7.60. The first-order chi connectivity index (χ1) is 9.47. The van der Waals surface area contributed by atoms with Gasteiger partial charge in [0.1, 0.15) is 4.99 Å². The Morgan fingerprint density at radius 3 is 2.55 bits per heavy atom. The van der Waals surface area contributed by atoms with Gasteiger partial charge in [0.25, 0.3) is 5.91 Å². The van der Waals surface area contributed by atoms with Crippen molar-refractivity contribution < 1.29 is 4.79 Å². The lowest BCUT2D eigenvalue weighted by Crippen LogP contribution is -2.13. The number of rotatable bonds is 3. The highest BCUT2D eigenvalue weighted by Crippen LogP contribution is 2.24. The lowest BCUT2D eigenvalue weighted by atomic mass is 10.2. The number of amides is 1. The van der Waals surface area contributed by atoms with Crippen LogP contribution in [-0.4, -0.2) is 10.9 Å². The van der Waals surface area contributed by atoms with E-state index in [1.54, 1.807) is 24.3 Å². The van der Waals surface area contributed by atoms with Crippen LogP contribution in [0.4, 0.5) is 5.69 Å². The van der Waals surface area contributed by atoms with E-state index in [4.69, 9.17) is 18.0 Å². The predicted octanol–water partition coefficient (Wildman–Crippen LogP) is 3.94. The minimum absolute atomic E-state index is 0.160. The van der Waals surface area contributed by atoms with Crippen molar-refractivity contribution in [2.75, 3.05) is 5.32 Å². The Kier molecular flexibility index (Phi) is 5.11. The number of thiocarbonyl (C=S) groups is 1. The topological polar surface area (TPSA) is 55.1 Å². The van der Waals surface area contributed by atoms with E-state index < -0.39 is 0 Å². The summed E-state index contributed by atoms with van der Waals surface area (Å²) in [4.78, 5) is 12.5. The number of benzene rings is 2. The first-order valence-corrected chi connectivity index (χ1v) is 7.91. The van der Waals surface area contributed by atoms with Gasteiger partial charge in [0, 0.05) is 19.2 Å². The zero-order valence-electron chi connectivity index (χ0n) is 10.2. The minimum atomic E-state index is -0.160. The zero-order chi connectivity index (χ0) is 14.7. The lowest BCUT2D eigenvalue weighted by molar-refractivity contribution is 0.102. The highest BCUT2D eigenvalue weighted by molar-refractivity contribution is 14.1. The molecule has 0 fully saturated rings. The van der Waals surface area contributed by atoms with Gasteiger partial charge in [-0.15, -0.1) is 0 Å². The summed E-state index contributed by atoms with van der Waals surface area (Å²) in [7, 11) is 0. The fourth-order valence-corrected chi connectivity index (χ4v) is 2.74. The van der Waals surface area contributed by atoms with Gasteiger partial charge < -0.3 is 11.1 Å². The highest BCUT2D eigenvalue weighted by atomic mass is 127. The predicted molar refractivity (Wildman–Crippen MR) is 97.1 cm³/mol. The highest BCUT2D eigenvalue weighted by Gasteiger charge is 2.09. The average molecular weight is 461 g/mol. The number of hydrogen-bond acceptors (Lipinski definition) is 2. The van der Waals surface area contributed by atoms with Gasteiger partial charge in [-0.2, -0.15) is 0 Å². The van der Waals surface area contributed by atoms with E-state index in [0.29, 0.717) is 16.2 Å². The molecule has 0 unspecified atom stereocenters. The Bertz CT molecular complexity index is 691.